The number of rotatable bonds is 6. The number of amides is 1. The van der Waals surface area contributed by atoms with Crippen molar-refractivity contribution in [3.63, 3.8) is 0 Å². The molecular weight excluding hydrogens is 328 g/mol. The van der Waals surface area contributed by atoms with Crippen molar-refractivity contribution in [3.05, 3.63) is 30.3 Å². The number of guanidine groups is 1. The summed E-state index contributed by atoms with van der Waals surface area (Å²) in [5.41, 5.74) is 0.879. The monoisotopic (exact) mass is 352 g/mol. The molecule has 2 rings (SSSR count). The lowest BCUT2D eigenvalue weighted by Crippen LogP contribution is -2.45. The van der Waals surface area contributed by atoms with E-state index in [9.17, 15) is 13.2 Å². The smallest absolute Gasteiger partial charge is 0.229 e. The molecule has 1 aliphatic rings. The first-order valence-electron chi connectivity index (χ1n) is 7.98. The Labute approximate surface area is 143 Å². The Morgan fingerprint density at radius 3 is 2.67 bits per heavy atom. The summed E-state index contributed by atoms with van der Waals surface area (Å²) in [4.78, 5) is 18.0. The van der Waals surface area contributed by atoms with Crippen molar-refractivity contribution in [1.29, 1.82) is 0 Å². The van der Waals surface area contributed by atoms with E-state index in [1.54, 1.807) is 18.9 Å². The Bertz CT molecular complexity index is 689. The summed E-state index contributed by atoms with van der Waals surface area (Å²) in [5.74, 6) is 0.755. The van der Waals surface area contributed by atoms with Gasteiger partial charge in [-0.2, -0.15) is 0 Å². The van der Waals surface area contributed by atoms with E-state index in [-0.39, 0.29) is 23.5 Å². The zero-order chi connectivity index (χ0) is 17.6. The van der Waals surface area contributed by atoms with E-state index in [0.717, 1.165) is 5.69 Å². The van der Waals surface area contributed by atoms with Gasteiger partial charge >= 0.3 is 0 Å². The number of anilines is 1. The fraction of sp³-hybridized carbons (Fsp3) is 0.500. The molecule has 1 amide bonds. The van der Waals surface area contributed by atoms with Gasteiger partial charge in [0.25, 0.3) is 0 Å². The van der Waals surface area contributed by atoms with Gasteiger partial charge in [0.1, 0.15) is 0 Å². The average molecular weight is 352 g/mol. The summed E-state index contributed by atoms with van der Waals surface area (Å²) in [5, 5.41) is 6.17. The molecule has 8 heteroatoms. The van der Waals surface area contributed by atoms with E-state index >= 15 is 0 Å². The second-order valence-electron chi connectivity index (χ2n) is 5.62. The van der Waals surface area contributed by atoms with Gasteiger partial charge in [-0.05, 0) is 12.1 Å². The van der Waals surface area contributed by atoms with Crippen LogP contribution >= 0.6 is 0 Å². The van der Waals surface area contributed by atoms with Crippen LogP contribution in [-0.4, -0.2) is 58.0 Å². The van der Waals surface area contributed by atoms with E-state index in [1.807, 2.05) is 30.3 Å². The second kappa shape index (κ2) is 8.14. The number of para-hydroxylation sites is 1. The van der Waals surface area contributed by atoms with Gasteiger partial charge in [0.15, 0.2) is 15.8 Å². The van der Waals surface area contributed by atoms with Gasteiger partial charge < -0.3 is 15.5 Å². The van der Waals surface area contributed by atoms with Crippen LogP contribution in [0, 0.1) is 0 Å². The van der Waals surface area contributed by atoms with Crippen LogP contribution in [0.25, 0.3) is 0 Å². The van der Waals surface area contributed by atoms with Gasteiger partial charge in [-0.15, -0.1) is 0 Å². The third-order valence-corrected chi connectivity index (χ3v) is 5.61. The molecule has 1 fully saturated rings. The molecule has 0 spiro atoms. The van der Waals surface area contributed by atoms with Crippen LogP contribution in [0.2, 0.25) is 0 Å². The topological polar surface area (TPSA) is 90.9 Å². The van der Waals surface area contributed by atoms with Crippen molar-refractivity contribution in [2.24, 2.45) is 4.99 Å². The Morgan fingerprint density at radius 2 is 2.04 bits per heavy atom. The lowest BCUT2D eigenvalue weighted by Gasteiger charge is -2.19. The molecule has 24 heavy (non-hydrogen) atoms. The van der Waals surface area contributed by atoms with E-state index in [1.165, 1.54) is 0 Å². The largest absolute Gasteiger partial charge is 0.355 e. The molecule has 132 valence electrons. The van der Waals surface area contributed by atoms with Crippen LogP contribution in [0.5, 0.6) is 0 Å². The molecule has 1 aromatic carbocycles. The van der Waals surface area contributed by atoms with Gasteiger partial charge in [-0.25, -0.2) is 8.42 Å². The zero-order valence-corrected chi connectivity index (χ0v) is 14.8. The number of carbonyl (C=O) groups excluding carboxylic acids is 1. The van der Waals surface area contributed by atoms with E-state index in [4.69, 9.17) is 0 Å². The summed E-state index contributed by atoms with van der Waals surface area (Å²) in [6.07, 6.45) is 0.378. The normalized spacial score (nSPS) is 18.8. The number of nitrogens with one attached hydrogen (secondary N) is 2. The van der Waals surface area contributed by atoms with Crippen molar-refractivity contribution < 1.29 is 13.2 Å². The fourth-order valence-electron chi connectivity index (χ4n) is 2.52. The molecule has 0 bridgehead atoms. The Kier molecular flexibility index (Phi) is 6.19. The molecule has 1 aliphatic heterocycles. The van der Waals surface area contributed by atoms with Gasteiger partial charge in [-0.1, -0.05) is 25.1 Å². The van der Waals surface area contributed by atoms with Crippen LogP contribution in [0.3, 0.4) is 0 Å². The van der Waals surface area contributed by atoms with Crippen molar-refractivity contribution in [1.82, 2.24) is 10.6 Å². The Morgan fingerprint density at radius 1 is 1.33 bits per heavy atom. The molecule has 0 aromatic heterocycles. The number of hydrogen-bond donors (Lipinski definition) is 2. The minimum Gasteiger partial charge on any atom is -0.355 e. The zero-order valence-electron chi connectivity index (χ0n) is 14.0. The molecule has 1 aromatic rings. The molecule has 7 nitrogen and oxygen atoms in total. The maximum atomic E-state index is 12.2. The average Bonchev–Trinajstić information content (AvgIpc) is 2.95. The van der Waals surface area contributed by atoms with Crippen molar-refractivity contribution in [3.8, 4) is 0 Å². The maximum absolute atomic E-state index is 12.2. The molecule has 1 atom stereocenters. The molecule has 0 aliphatic carbocycles. The Balaban J connectivity index is 1.87. The molecule has 0 saturated carbocycles. The highest BCUT2D eigenvalue weighted by Gasteiger charge is 2.31. The molecular formula is C16H24N4O3S. The minimum atomic E-state index is -3.01. The van der Waals surface area contributed by atoms with Crippen molar-refractivity contribution in [2.45, 2.75) is 19.4 Å². The van der Waals surface area contributed by atoms with Gasteiger partial charge in [0.2, 0.25) is 5.91 Å². The first-order valence-corrected chi connectivity index (χ1v) is 9.80. The molecule has 0 radical (unpaired) electrons. The summed E-state index contributed by atoms with van der Waals surface area (Å²) in [6.45, 7) is 2.47. The van der Waals surface area contributed by atoms with Crippen LogP contribution in [0.15, 0.2) is 35.3 Å². The lowest BCUT2D eigenvalue weighted by molar-refractivity contribution is -0.117. The predicted molar refractivity (Wildman–Crippen MR) is 96.0 cm³/mol. The highest BCUT2D eigenvalue weighted by Crippen LogP contribution is 2.20. The highest BCUT2D eigenvalue weighted by molar-refractivity contribution is 7.91. The standard InChI is InChI=1S/C16H24N4O3S/c1-3-24(22,23)10-9-18-16(17-2)19-13-11-15(21)20(12-13)14-7-5-4-6-8-14/h4-8,13H,3,9-12H2,1-2H3,(H2,17,18,19). The number of nitrogens with zero attached hydrogens (tertiary/aromatic N) is 2. The minimum absolute atomic E-state index is 0.0581. The number of hydrogen-bond acceptors (Lipinski definition) is 4. The fourth-order valence-corrected chi connectivity index (χ4v) is 3.22. The quantitative estimate of drug-likeness (QED) is 0.571. The molecule has 2 N–H and O–H groups in total. The van der Waals surface area contributed by atoms with E-state index < -0.39 is 9.84 Å². The van der Waals surface area contributed by atoms with Crippen LogP contribution in [0.1, 0.15) is 13.3 Å². The number of benzene rings is 1. The summed E-state index contributed by atoms with van der Waals surface area (Å²) in [6, 6.07) is 9.46. The van der Waals surface area contributed by atoms with Crippen molar-refractivity contribution in [2.75, 3.05) is 36.5 Å². The van der Waals surface area contributed by atoms with Gasteiger partial charge in [0.05, 0.1) is 11.8 Å². The van der Waals surface area contributed by atoms with Crippen LogP contribution < -0.4 is 15.5 Å². The first kappa shape index (κ1) is 18.3. The lowest BCUT2D eigenvalue weighted by atomic mass is 10.2. The van der Waals surface area contributed by atoms with E-state index in [0.29, 0.717) is 25.5 Å². The molecule has 1 heterocycles. The first-order chi connectivity index (χ1) is 11.4. The van der Waals surface area contributed by atoms with Gasteiger partial charge in [-0.3, -0.25) is 9.79 Å². The summed E-state index contributed by atoms with van der Waals surface area (Å²) in [7, 11) is -1.39. The number of sulfone groups is 1. The number of aliphatic imine (C=N–C) groups is 1. The predicted octanol–water partition coefficient (Wildman–Crippen LogP) is 0.392. The number of carbonyl (C=O) groups is 1. The van der Waals surface area contributed by atoms with Crippen molar-refractivity contribution >= 4 is 27.4 Å². The SMILES string of the molecule is CCS(=O)(=O)CCNC(=NC)NC1CC(=O)N(c2ccccc2)C1. The molecule has 1 saturated heterocycles. The summed E-state index contributed by atoms with van der Waals surface area (Å²) < 4.78 is 23.0. The summed E-state index contributed by atoms with van der Waals surface area (Å²) >= 11 is 0. The molecule has 1 unspecified atom stereocenters. The second-order valence-corrected chi connectivity index (χ2v) is 8.09. The van der Waals surface area contributed by atoms with Gasteiger partial charge in [0, 0.05) is 38.0 Å². The van der Waals surface area contributed by atoms with E-state index in [2.05, 4.69) is 15.6 Å². The third kappa shape index (κ3) is 4.95. The third-order valence-electron chi connectivity index (χ3n) is 3.90. The van der Waals surface area contributed by atoms with Crippen LogP contribution in [-0.2, 0) is 14.6 Å². The highest BCUT2D eigenvalue weighted by atomic mass is 32.2. The maximum Gasteiger partial charge on any atom is 0.229 e. The van der Waals surface area contributed by atoms with Crippen LogP contribution in [0.4, 0.5) is 5.69 Å². The Hall–Kier alpha value is -2.09.